The van der Waals surface area contributed by atoms with Gasteiger partial charge < -0.3 is 15.3 Å². The first kappa shape index (κ1) is 12.3. The van der Waals surface area contributed by atoms with Gasteiger partial charge in [0, 0.05) is 19.1 Å². The lowest BCUT2D eigenvalue weighted by Crippen LogP contribution is -2.38. The summed E-state index contributed by atoms with van der Waals surface area (Å²) >= 11 is 0. The third-order valence-electron chi connectivity index (χ3n) is 3.85. The van der Waals surface area contributed by atoms with Crippen molar-refractivity contribution in [2.24, 2.45) is 5.92 Å². The molecule has 1 heterocycles. The van der Waals surface area contributed by atoms with Gasteiger partial charge in [0.05, 0.1) is 6.10 Å². The van der Waals surface area contributed by atoms with E-state index in [1.807, 2.05) is 6.92 Å². The minimum atomic E-state index is -0.144. The van der Waals surface area contributed by atoms with Gasteiger partial charge >= 0.3 is 0 Å². The average Bonchev–Trinajstić information content (AvgIpc) is 3.09. The van der Waals surface area contributed by atoms with E-state index in [1.54, 1.807) is 0 Å². The van der Waals surface area contributed by atoms with Gasteiger partial charge in [0.1, 0.15) is 0 Å². The van der Waals surface area contributed by atoms with Crippen LogP contribution in [-0.4, -0.2) is 48.3 Å². The van der Waals surface area contributed by atoms with Gasteiger partial charge in [-0.1, -0.05) is 0 Å². The maximum absolute atomic E-state index is 9.37. The van der Waals surface area contributed by atoms with E-state index in [2.05, 4.69) is 10.2 Å². The van der Waals surface area contributed by atoms with Crippen molar-refractivity contribution in [2.75, 3.05) is 26.2 Å². The number of piperidine rings is 1. The van der Waals surface area contributed by atoms with Crippen LogP contribution in [0, 0.1) is 5.92 Å². The zero-order chi connectivity index (χ0) is 11.4. The Morgan fingerprint density at radius 3 is 2.50 bits per heavy atom. The van der Waals surface area contributed by atoms with E-state index in [0.29, 0.717) is 0 Å². The zero-order valence-corrected chi connectivity index (χ0v) is 10.5. The van der Waals surface area contributed by atoms with Crippen LogP contribution in [0.5, 0.6) is 0 Å². The maximum Gasteiger partial charge on any atom is 0.0524 e. The molecule has 16 heavy (non-hydrogen) atoms. The molecule has 0 aromatic rings. The molecule has 1 aliphatic heterocycles. The third-order valence-corrected chi connectivity index (χ3v) is 3.85. The molecule has 94 valence electrons. The number of aliphatic hydroxyl groups excluding tert-OH is 1. The van der Waals surface area contributed by atoms with Crippen molar-refractivity contribution in [1.82, 2.24) is 10.2 Å². The molecule has 2 fully saturated rings. The van der Waals surface area contributed by atoms with Crippen molar-refractivity contribution in [3.8, 4) is 0 Å². The highest BCUT2D eigenvalue weighted by Gasteiger charge is 2.30. The van der Waals surface area contributed by atoms with Crippen LogP contribution in [0.4, 0.5) is 0 Å². The Labute approximate surface area is 99.2 Å². The number of hydrogen-bond donors (Lipinski definition) is 2. The van der Waals surface area contributed by atoms with E-state index in [-0.39, 0.29) is 6.10 Å². The van der Waals surface area contributed by atoms with Gasteiger partial charge in [-0.15, -0.1) is 0 Å². The quantitative estimate of drug-likeness (QED) is 0.715. The van der Waals surface area contributed by atoms with Gasteiger partial charge in [-0.2, -0.15) is 0 Å². The molecule has 1 unspecified atom stereocenters. The molecule has 0 aromatic carbocycles. The lowest BCUT2D eigenvalue weighted by atomic mass is 9.97. The van der Waals surface area contributed by atoms with Crippen LogP contribution in [0.25, 0.3) is 0 Å². The molecule has 1 atom stereocenters. The van der Waals surface area contributed by atoms with Crippen molar-refractivity contribution >= 4 is 0 Å². The van der Waals surface area contributed by atoms with Crippen molar-refractivity contribution in [2.45, 2.75) is 51.2 Å². The first-order chi connectivity index (χ1) is 7.75. The molecule has 0 amide bonds. The molecule has 0 spiro atoms. The fourth-order valence-electron chi connectivity index (χ4n) is 2.61. The smallest absolute Gasteiger partial charge is 0.0524 e. The Balaban J connectivity index is 1.73. The summed E-state index contributed by atoms with van der Waals surface area (Å²) in [5.41, 5.74) is 0. The Kier molecular flexibility index (Phi) is 4.62. The molecule has 0 aromatic heterocycles. The van der Waals surface area contributed by atoms with Gasteiger partial charge in [0.15, 0.2) is 0 Å². The highest BCUT2D eigenvalue weighted by molar-refractivity contribution is 4.86. The Morgan fingerprint density at radius 2 is 1.94 bits per heavy atom. The Hall–Kier alpha value is -0.120. The molecule has 1 saturated heterocycles. The van der Waals surface area contributed by atoms with E-state index >= 15 is 0 Å². The molecule has 2 N–H and O–H groups in total. The number of aliphatic hydroxyl groups is 1. The number of nitrogens with zero attached hydrogens (tertiary/aromatic N) is 1. The van der Waals surface area contributed by atoms with Crippen molar-refractivity contribution < 1.29 is 5.11 Å². The summed E-state index contributed by atoms with van der Waals surface area (Å²) in [5, 5.41) is 12.8. The fraction of sp³-hybridized carbons (Fsp3) is 1.00. The van der Waals surface area contributed by atoms with Crippen LogP contribution in [0.2, 0.25) is 0 Å². The summed E-state index contributed by atoms with van der Waals surface area (Å²) in [6, 6.07) is 0.841. The lowest BCUT2D eigenvalue weighted by molar-refractivity contribution is 0.138. The molecule has 0 bridgehead atoms. The molecule has 1 aliphatic carbocycles. The molecular formula is C13H26N2O. The third kappa shape index (κ3) is 4.04. The summed E-state index contributed by atoms with van der Waals surface area (Å²) in [6.45, 7) is 6.64. The summed E-state index contributed by atoms with van der Waals surface area (Å²) in [5.74, 6) is 0.885. The normalized spacial score (nSPS) is 24.9. The standard InChI is InChI=1S/C13H26N2O/c1-11(16)6-9-15(13-2-3-13)10-12-4-7-14-8-5-12/h11-14,16H,2-10H2,1H3. The monoisotopic (exact) mass is 226 g/mol. The first-order valence-corrected chi connectivity index (χ1v) is 6.88. The SMILES string of the molecule is CC(O)CCN(CC1CCNCC1)C1CC1. The summed E-state index contributed by atoms with van der Waals surface area (Å²) in [7, 11) is 0. The second-order valence-electron chi connectivity index (χ2n) is 5.56. The molecule has 2 aliphatic rings. The predicted molar refractivity (Wildman–Crippen MR) is 66.5 cm³/mol. The van der Waals surface area contributed by atoms with Gasteiger partial charge in [-0.3, -0.25) is 0 Å². The van der Waals surface area contributed by atoms with Crippen LogP contribution in [0.3, 0.4) is 0 Å². The van der Waals surface area contributed by atoms with E-state index in [4.69, 9.17) is 0 Å². The molecule has 3 heteroatoms. The minimum Gasteiger partial charge on any atom is -0.393 e. The highest BCUT2D eigenvalue weighted by atomic mass is 16.3. The van der Waals surface area contributed by atoms with Gasteiger partial charge in [-0.05, 0) is 58.0 Å². The number of nitrogens with one attached hydrogen (secondary N) is 1. The second-order valence-corrected chi connectivity index (χ2v) is 5.56. The first-order valence-electron chi connectivity index (χ1n) is 6.88. The number of hydrogen-bond acceptors (Lipinski definition) is 3. The Morgan fingerprint density at radius 1 is 1.25 bits per heavy atom. The largest absolute Gasteiger partial charge is 0.393 e. The fourth-order valence-corrected chi connectivity index (χ4v) is 2.61. The second kappa shape index (κ2) is 5.99. The summed E-state index contributed by atoms with van der Waals surface area (Å²) < 4.78 is 0. The van der Waals surface area contributed by atoms with Crippen LogP contribution in [0.15, 0.2) is 0 Å². The number of rotatable bonds is 6. The predicted octanol–water partition coefficient (Wildman–Crippen LogP) is 1.22. The highest BCUT2D eigenvalue weighted by Crippen LogP contribution is 2.29. The molecule has 0 radical (unpaired) electrons. The van der Waals surface area contributed by atoms with Crippen LogP contribution < -0.4 is 5.32 Å². The maximum atomic E-state index is 9.37. The Bertz CT molecular complexity index is 198. The van der Waals surface area contributed by atoms with Crippen LogP contribution in [0.1, 0.15) is 39.0 Å². The van der Waals surface area contributed by atoms with E-state index in [0.717, 1.165) is 24.9 Å². The minimum absolute atomic E-state index is 0.144. The van der Waals surface area contributed by atoms with Gasteiger partial charge in [0.2, 0.25) is 0 Å². The molecule has 1 saturated carbocycles. The molecule has 2 rings (SSSR count). The van der Waals surface area contributed by atoms with Crippen LogP contribution >= 0.6 is 0 Å². The van der Waals surface area contributed by atoms with E-state index in [1.165, 1.54) is 45.3 Å². The summed E-state index contributed by atoms with van der Waals surface area (Å²) in [4.78, 5) is 2.63. The van der Waals surface area contributed by atoms with Crippen molar-refractivity contribution in [3.05, 3.63) is 0 Å². The van der Waals surface area contributed by atoms with E-state index in [9.17, 15) is 5.11 Å². The van der Waals surface area contributed by atoms with Crippen molar-refractivity contribution in [3.63, 3.8) is 0 Å². The zero-order valence-electron chi connectivity index (χ0n) is 10.5. The lowest BCUT2D eigenvalue weighted by Gasteiger charge is -2.30. The van der Waals surface area contributed by atoms with Gasteiger partial charge in [0.25, 0.3) is 0 Å². The molecule has 3 nitrogen and oxygen atoms in total. The summed E-state index contributed by atoms with van der Waals surface area (Å²) in [6.07, 6.45) is 6.21. The van der Waals surface area contributed by atoms with E-state index < -0.39 is 0 Å². The van der Waals surface area contributed by atoms with Crippen molar-refractivity contribution in [1.29, 1.82) is 0 Å². The average molecular weight is 226 g/mol. The topological polar surface area (TPSA) is 35.5 Å². The van der Waals surface area contributed by atoms with Gasteiger partial charge in [-0.25, -0.2) is 0 Å². The molecular weight excluding hydrogens is 200 g/mol. The van der Waals surface area contributed by atoms with Crippen LogP contribution in [-0.2, 0) is 0 Å².